The number of benzene rings is 2. The van der Waals surface area contributed by atoms with Crippen LogP contribution in [0.5, 0.6) is 0 Å². The van der Waals surface area contributed by atoms with Gasteiger partial charge in [0.05, 0.1) is 28.4 Å². The van der Waals surface area contributed by atoms with E-state index in [1.165, 1.54) is 6.08 Å². The van der Waals surface area contributed by atoms with Crippen LogP contribution in [0.3, 0.4) is 0 Å². The normalized spacial score (nSPS) is 10.4. The summed E-state index contributed by atoms with van der Waals surface area (Å²) in [6.07, 6.45) is 3.00. The number of hydrogen-bond donors (Lipinski definition) is 2. The molecule has 0 saturated carbocycles. The molecule has 3 aromatic rings. The Labute approximate surface area is 184 Å². The number of halogens is 3. The highest BCUT2D eigenvalue weighted by molar-refractivity contribution is 9.10. The molecule has 0 bridgehead atoms. The lowest BCUT2D eigenvalue weighted by Gasteiger charge is -2.12. The second-order valence-electron chi connectivity index (χ2n) is 5.54. The van der Waals surface area contributed by atoms with Crippen molar-refractivity contribution in [3.05, 3.63) is 68.2 Å². The summed E-state index contributed by atoms with van der Waals surface area (Å²) in [4.78, 5) is 4.33. The topological polar surface area (TPSA) is 110 Å². The third-order valence-corrected chi connectivity index (χ3v) is 4.75. The van der Waals surface area contributed by atoms with Crippen molar-refractivity contribution in [3.63, 3.8) is 0 Å². The molecule has 1 aromatic heterocycles. The predicted molar refractivity (Wildman–Crippen MR) is 116 cm³/mol. The van der Waals surface area contributed by atoms with E-state index in [4.69, 9.17) is 33.7 Å². The number of hydrogen-bond acceptors (Lipinski definition) is 7. The molecular formula is C19H10BrCl2N7. The summed E-state index contributed by atoms with van der Waals surface area (Å²) in [5, 5.41) is 31.9. The third kappa shape index (κ3) is 5.21. The molecule has 3 rings (SSSR count). The van der Waals surface area contributed by atoms with E-state index in [1.807, 2.05) is 6.07 Å². The van der Waals surface area contributed by atoms with E-state index >= 15 is 0 Å². The second-order valence-corrected chi connectivity index (χ2v) is 7.16. The van der Waals surface area contributed by atoms with E-state index < -0.39 is 0 Å². The van der Waals surface area contributed by atoms with Crippen LogP contribution in [0, 0.1) is 22.7 Å². The Kier molecular flexibility index (Phi) is 6.63. The van der Waals surface area contributed by atoms with Crippen LogP contribution in [-0.2, 0) is 0 Å². The summed E-state index contributed by atoms with van der Waals surface area (Å²) in [5.74, 6) is 0.461. The molecular weight excluding hydrogens is 477 g/mol. The molecule has 1 heterocycles. The van der Waals surface area contributed by atoms with Crippen LogP contribution >= 0.6 is 39.1 Å². The van der Waals surface area contributed by atoms with Crippen molar-refractivity contribution in [2.45, 2.75) is 0 Å². The highest BCUT2D eigenvalue weighted by Crippen LogP contribution is 2.34. The van der Waals surface area contributed by atoms with E-state index in [1.54, 1.807) is 42.5 Å². The molecule has 0 aliphatic rings. The van der Waals surface area contributed by atoms with Crippen LogP contribution in [-0.4, -0.2) is 15.2 Å². The maximum atomic E-state index is 8.88. The van der Waals surface area contributed by atoms with Crippen molar-refractivity contribution in [1.82, 2.24) is 15.2 Å². The SMILES string of the molecule is N#CC=Cc1cc(Cl)c(Nc2nnc(Cl)c(Nc3ccc(C#N)cc3)n2)c(Br)c1. The van der Waals surface area contributed by atoms with Gasteiger partial charge in [0, 0.05) is 16.2 Å². The van der Waals surface area contributed by atoms with E-state index in [2.05, 4.69) is 47.8 Å². The molecule has 0 aliphatic heterocycles. The first-order valence-electron chi connectivity index (χ1n) is 8.00. The molecule has 0 fully saturated rings. The van der Waals surface area contributed by atoms with Crippen molar-refractivity contribution >= 4 is 68.3 Å². The first-order chi connectivity index (χ1) is 14.0. The summed E-state index contributed by atoms with van der Waals surface area (Å²) in [5.41, 5.74) is 2.52. The maximum Gasteiger partial charge on any atom is 0.249 e. The number of nitrogens with zero attached hydrogens (tertiary/aromatic N) is 5. The van der Waals surface area contributed by atoms with Crippen LogP contribution in [0.2, 0.25) is 10.2 Å². The highest BCUT2D eigenvalue weighted by atomic mass is 79.9. The third-order valence-electron chi connectivity index (χ3n) is 3.57. The van der Waals surface area contributed by atoms with Gasteiger partial charge in [-0.15, -0.1) is 10.2 Å². The average Bonchev–Trinajstić information content (AvgIpc) is 2.72. The van der Waals surface area contributed by atoms with Crippen molar-refractivity contribution < 1.29 is 0 Å². The quantitative estimate of drug-likeness (QED) is 0.436. The molecule has 142 valence electrons. The minimum Gasteiger partial charge on any atom is -0.337 e. The van der Waals surface area contributed by atoms with Crippen LogP contribution in [0.4, 0.5) is 23.1 Å². The maximum absolute atomic E-state index is 8.88. The van der Waals surface area contributed by atoms with Crippen molar-refractivity contribution in [2.24, 2.45) is 0 Å². The van der Waals surface area contributed by atoms with E-state index in [-0.39, 0.29) is 16.9 Å². The lowest BCUT2D eigenvalue weighted by Crippen LogP contribution is -2.04. The summed E-state index contributed by atoms with van der Waals surface area (Å²) >= 11 is 15.9. The zero-order chi connectivity index (χ0) is 20.8. The molecule has 0 spiro atoms. The van der Waals surface area contributed by atoms with Gasteiger partial charge in [0.1, 0.15) is 0 Å². The summed E-state index contributed by atoms with van der Waals surface area (Å²) in [6.45, 7) is 0. The van der Waals surface area contributed by atoms with E-state index in [0.717, 1.165) is 5.56 Å². The number of anilines is 4. The van der Waals surface area contributed by atoms with Crippen molar-refractivity contribution in [2.75, 3.05) is 10.6 Å². The largest absolute Gasteiger partial charge is 0.337 e. The Hall–Kier alpha value is -3.17. The first-order valence-corrected chi connectivity index (χ1v) is 9.54. The summed E-state index contributed by atoms with van der Waals surface area (Å²) in [6, 6.07) is 14.3. The Morgan fingerprint density at radius 1 is 1.03 bits per heavy atom. The van der Waals surface area contributed by atoms with Gasteiger partial charge in [-0.3, -0.25) is 0 Å². The number of rotatable bonds is 5. The van der Waals surface area contributed by atoms with Gasteiger partial charge in [0.2, 0.25) is 5.95 Å². The molecule has 10 heteroatoms. The lowest BCUT2D eigenvalue weighted by atomic mass is 10.2. The van der Waals surface area contributed by atoms with Crippen molar-refractivity contribution in [1.29, 1.82) is 10.5 Å². The zero-order valence-corrected chi connectivity index (χ0v) is 17.6. The van der Waals surface area contributed by atoms with Crippen molar-refractivity contribution in [3.8, 4) is 12.1 Å². The fourth-order valence-electron chi connectivity index (χ4n) is 2.26. The molecule has 0 aliphatic carbocycles. The van der Waals surface area contributed by atoms with Gasteiger partial charge in [-0.1, -0.05) is 23.2 Å². The Morgan fingerprint density at radius 3 is 2.45 bits per heavy atom. The molecule has 0 amide bonds. The van der Waals surface area contributed by atoms with Gasteiger partial charge in [0.25, 0.3) is 0 Å². The molecule has 29 heavy (non-hydrogen) atoms. The fraction of sp³-hybridized carbons (Fsp3) is 0. The Balaban J connectivity index is 1.85. The number of allylic oxidation sites excluding steroid dienone is 1. The number of aromatic nitrogens is 3. The van der Waals surface area contributed by atoms with Gasteiger partial charge in [-0.2, -0.15) is 15.5 Å². The second kappa shape index (κ2) is 9.35. The van der Waals surface area contributed by atoms with Gasteiger partial charge in [-0.05, 0) is 64.0 Å². The van der Waals surface area contributed by atoms with Crippen LogP contribution < -0.4 is 10.6 Å². The minimum atomic E-state index is 0.0852. The molecule has 0 saturated heterocycles. The Morgan fingerprint density at radius 2 is 1.79 bits per heavy atom. The molecule has 2 N–H and O–H groups in total. The molecule has 2 aromatic carbocycles. The number of nitrogens with one attached hydrogen (secondary N) is 2. The minimum absolute atomic E-state index is 0.0852. The number of nitriles is 2. The summed E-state index contributed by atoms with van der Waals surface area (Å²) < 4.78 is 0.655. The monoisotopic (exact) mass is 485 g/mol. The molecule has 0 unspecified atom stereocenters. The van der Waals surface area contributed by atoms with Crippen LogP contribution in [0.25, 0.3) is 6.08 Å². The van der Waals surface area contributed by atoms with Crippen LogP contribution in [0.1, 0.15) is 11.1 Å². The lowest BCUT2D eigenvalue weighted by molar-refractivity contribution is 0.982. The zero-order valence-electron chi connectivity index (χ0n) is 14.5. The first kappa shape index (κ1) is 20.6. The van der Waals surface area contributed by atoms with Gasteiger partial charge in [-0.25, -0.2) is 0 Å². The van der Waals surface area contributed by atoms with E-state index in [9.17, 15) is 0 Å². The molecule has 7 nitrogen and oxygen atoms in total. The predicted octanol–water partition coefficient (Wildman–Crippen LogP) is 5.84. The average molecular weight is 487 g/mol. The smallest absolute Gasteiger partial charge is 0.249 e. The molecule has 0 radical (unpaired) electrons. The standard InChI is InChI=1S/C19H10BrCl2N7/c20-14-8-12(2-1-7-23)9-15(21)16(14)26-19-27-18(17(22)28-29-19)25-13-5-3-11(10-24)4-6-13/h1-6,8-9H,(H2,25,26,27,29). The molecule has 0 atom stereocenters. The van der Waals surface area contributed by atoms with E-state index in [0.29, 0.717) is 26.4 Å². The fourth-order valence-corrected chi connectivity index (χ4v) is 3.36. The Bertz CT molecular complexity index is 1140. The van der Waals surface area contributed by atoms with Gasteiger partial charge >= 0.3 is 0 Å². The van der Waals surface area contributed by atoms with Gasteiger partial charge < -0.3 is 10.6 Å². The van der Waals surface area contributed by atoms with Gasteiger partial charge in [0.15, 0.2) is 11.0 Å². The summed E-state index contributed by atoms with van der Waals surface area (Å²) in [7, 11) is 0. The highest BCUT2D eigenvalue weighted by Gasteiger charge is 2.12. The van der Waals surface area contributed by atoms with Crippen LogP contribution in [0.15, 0.2) is 46.9 Å².